The van der Waals surface area contributed by atoms with E-state index in [0.717, 1.165) is 37.9 Å². The summed E-state index contributed by atoms with van der Waals surface area (Å²) < 4.78 is 0. The van der Waals surface area contributed by atoms with Gasteiger partial charge in [-0.05, 0) is 30.9 Å². The highest BCUT2D eigenvalue weighted by Gasteiger charge is 2.22. The molecule has 1 heterocycles. The number of hydrogen-bond donors (Lipinski definition) is 0. The minimum absolute atomic E-state index is 0.170. The molecule has 85 valence electrons. The van der Waals surface area contributed by atoms with E-state index in [1.165, 1.54) is 0 Å². The Labute approximate surface area is 97.3 Å². The van der Waals surface area contributed by atoms with E-state index in [1.807, 2.05) is 35.2 Å². The van der Waals surface area contributed by atoms with Gasteiger partial charge in [0.15, 0.2) is 0 Å². The van der Waals surface area contributed by atoms with Crippen molar-refractivity contribution >= 4 is 5.91 Å². The van der Waals surface area contributed by atoms with E-state index in [0.29, 0.717) is 5.92 Å². The molecule has 0 aliphatic carbocycles. The lowest BCUT2D eigenvalue weighted by Gasteiger charge is -2.31. The monoisotopic (exact) mass is 216 g/mol. The Hall–Kier alpha value is -1.31. The molecule has 0 atom stereocenters. The molecule has 1 aromatic rings. The summed E-state index contributed by atoms with van der Waals surface area (Å²) in [5.74, 6) is 0.878. The van der Waals surface area contributed by atoms with Crippen LogP contribution in [0.4, 0.5) is 0 Å². The molecule has 0 unspecified atom stereocenters. The molecule has 1 aliphatic rings. The molecule has 2 rings (SSSR count). The molecule has 0 saturated carbocycles. The summed E-state index contributed by atoms with van der Waals surface area (Å²) in [5, 5.41) is 0. The summed E-state index contributed by atoms with van der Waals surface area (Å²) in [5.41, 5.74) is 0.801. The van der Waals surface area contributed by atoms with Crippen LogP contribution in [0.1, 0.15) is 29.6 Å². The van der Waals surface area contributed by atoms with Crippen LogP contribution >= 0.6 is 0 Å². The van der Waals surface area contributed by atoms with Crippen molar-refractivity contribution in [2.45, 2.75) is 19.3 Å². The van der Waals surface area contributed by atoms with E-state index in [4.69, 9.17) is 0 Å². The lowest BCUT2D eigenvalue weighted by molar-refractivity contribution is 0.0691. The topological polar surface area (TPSA) is 20.3 Å². The molecule has 1 fully saturated rings. The minimum Gasteiger partial charge on any atom is -0.339 e. The Balaban J connectivity index is 1.97. The van der Waals surface area contributed by atoms with Crippen molar-refractivity contribution in [2.24, 2.45) is 5.92 Å². The second-order valence-electron chi connectivity index (χ2n) is 4.39. The van der Waals surface area contributed by atoms with Crippen molar-refractivity contribution in [3.8, 4) is 0 Å². The zero-order valence-corrected chi connectivity index (χ0v) is 9.56. The third-order valence-electron chi connectivity index (χ3n) is 3.33. The number of piperidine rings is 1. The number of benzene rings is 1. The number of likely N-dealkylation sites (tertiary alicyclic amines) is 1. The second-order valence-corrected chi connectivity index (χ2v) is 4.39. The van der Waals surface area contributed by atoms with Crippen LogP contribution in [0.3, 0.4) is 0 Å². The minimum atomic E-state index is 0.170. The summed E-state index contributed by atoms with van der Waals surface area (Å²) in [4.78, 5) is 14.1. The van der Waals surface area contributed by atoms with E-state index in [9.17, 15) is 4.79 Å². The van der Waals surface area contributed by atoms with Crippen molar-refractivity contribution in [2.75, 3.05) is 13.1 Å². The standard InChI is InChI=1S/C14H18NO/c1-2-12-8-10-15(11-9-12)14(16)13-6-4-3-5-7-13/h3-7,12H,1-2,8-11H2. The first-order chi connectivity index (χ1) is 7.81. The van der Waals surface area contributed by atoms with E-state index >= 15 is 0 Å². The summed E-state index contributed by atoms with van der Waals surface area (Å²) in [6.07, 6.45) is 3.19. The fraction of sp³-hybridized carbons (Fsp3) is 0.429. The molecule has 1 amide bonds. The maximum Gasteiger partial charge on any atom is 0.253 e. The van der Waals surface area contributed by atoms with E-state index < -0.39 is 0 Å². The number of hydrogen-bond acceptors (Lipinski definition) is 1. The molecule has 0 bridgehead atoms. The van der Waals surface area contributed by atoms with Gasteiger partial charge in [-0.15, -0.1) is 0 Å². The fourth-order valence-electron chi connectivity index (χ4n) is 2.19. The van der Waals surface area contributed by atoms with Crippen molar-refractivity contribution in [3.05, 3.63) is 42.8 Å². The van der Waals surface area contributed by atoms with Crippen LogP contribution in [0.2, 0.25) is 0 Å². The van der Waals surface area contributed by atoms with E-state index in [-0.39, 0.29) is 5.91 Å². The van der Waals surface area contributed by atoms with Gasteiger partial charge in [0, 0.05) is 18.7 Å². The maximum absolute atomic E-state index is 12.1. The lowest BCUT2D eigenvalue weighted by Crippen LogP contribution is -2.38. The van der Waals surface area contributed by atoms with Gasteiger partial charge in [0.05, 0.1) is 0 Å². The number of nitrogens with zero attached hydrogens (tertiary/aromatic N) is 1. The van der Waals surface area contributed by atoms with E-state index in [1.54, 1.807) is 0 Å². The molecule has 1 saturated heterocycles. The zero-order chi connectivity index (χ0) is 11.4. The zero-order valence-electron chi connectivity index (χ0n) is 9.56. The largest absolute Gasteiger partial charge is 0.339 e. The average Bonchev–Trinajstić information content (AvgIpc) is 2.39. The Morgan fingerprint density at radius 2 is 1.88 bits per heavy atom. The van der Waals surface area contributed by atoms with Crippen LogP contribution in [0.5, 0.6) is 0 Å². The van der Waals surface area contributed by atoms with E-state index in [2.05, 4.69) is 6.92 Å². The molecule has 0 N–H and O–H groups in total. The summed E-state index contributed by atoms with van der Waals surface area (Å²) >= 11 is 0. The molecule has 1 aromatic carbocycles. The molecule has 2 nitrogen and oxygen atoms in total. The van der Waals surface area contributed by atoms with Crippen molar-refractivity contribution in [3.63, 3.8) is 0 Å². The van der Waals surface area contributed by atoms with Crippen molar-refractivity contribution in [1.29, 1.82) is 0 Å². The third kappa shape index (κ3) is 2.43. The molecule has 2 heteroatoms. The van der Waals surface area contributed by atoms with Crippen molar-refractivity contribution < 1.29 is 4.79 Å². The predicted molar refractivity (Wildman–Crippen MR) is 65.0 cm³/mol. The molecule has 0 spiro atoms. The van der Waals surface area contributed by atoms with Crippen LogP contribution < -0.4 is 0 Å². The van der Waals surface area contributed by atoms with Crippen LogP contribution in [0.15, 0.2) is 30.3 Å². The van der Waals surface area contributed by atoms with Gasteiger partial charge in [-0.25, -0.2) is 0 Å². The average molecular weight is 216 g/mol. The maximum atomic E-state index is 12.1. The number of carbonyl (C=O) groups is 1. The van der Waals surface area contributed by atoms with Crippen LogP contribution in [-0.4, -0.2) is 23.9 Å². The summed E-state index contributed by atoms with van der Waals surface area (Å²) in [7, 11) is 0. The Kier molecular flexibility index (Phi) is 3.60. The summed E-state index contributed by atoms with van der Waals surface area (Å²) in [6.45, 7) is 5.70. The number of carbonyl (C=O) groups excluding carboxylic acids is 1. The Morgan fingerprint density at radius 1 is 1.25 bits per heavy atom. The first kappa shape index (κ1) is 11.2. The van der Waals surface area contributed by atoms with Crippen molar-refractivity contribution in [1.82, 2.24) is 4.90 Å². The fourth-order valence-corrected chi connectivity index (χ4v) is 2.19. The van der Waals surface area contributed by atoms with Gasteiger partial charge in [0.1, 0.15) is 0 Å². The van der Waals surface area contributed by atoms with Crippen LogP contribution in [-0.2, 0) is 0 Å². The van der Waals surface area contributed by atoms with Crippen LogP contribution in [0.25, 0.3) is 0 Å². The van der Waals surface area contributed by atoms with Gasteiger partial charge in [0.2, 0.25) is 0 Å². The normalized spacial score (nSPS) is 17.4. The lowest BCUT2D eigenvalue weighted by atomic mass is 9.94. The second kappa shape index (κ2) is 5.15. The molecule has 16 heavy (non-hydrogen) atoms. The number of amides is 1. The first-order valence-corrected chi connectivity index (χ1v) is 5.95. The Morgan fingerprint density at radius 3 is 2.44 bits per heavy atom. The Bertz CT molecular complexity index is 339. The molecule has 1 radical (unpaired) electrons. The summed E-state index contributed by atoms with van der Waals surface area (Å²) in [6, 6.07) is 9.53. The molecular formula is C14H18NO. The van der Waals surface area contributed by atoms with Gasteiger partial charge in [-0.1, -0.05) is 31.5 Å². The third-order valence-corrected chi connectivity index (χ3v) is 3.33. The van der Waals surface area contributed by atoms with Crippen LogP contribution in [0, 0.1) is 12.8 Å². The van der Waals surface area contributed by atoms with Gasteiger partial charge < -0.3 is 4.90 Å². The SMILES string of the molecule is [CH2]CC1CCN(C(=O)c2ccccc2)CC1. The highest BCUT2D eigenvalue weighted by Crippen LogP contribution is 2.21. The molecule has 0 aromatic heterocycles. The highest BCUT2D eigenvalue weighted by molar-refractivity contribution is 5.94. The first-order valence-electron chi connectivity index (χ1n) is 5.95. The van der Waals surface area contributed by atoms with Gasteiger partial charge in [-0.3, -0.25) is 4.79 Å². The predicted octanol–water partition coefficient (Wildman–Crippen LogP) is 2.76. The molecular weight excluding hydrogens is 198 g/mol. The smallest absolute Gasteiger partial charge is 0.253 e. The molecule has 1 aliphatic heterocycles. The highest BCUT2D eigenvalue weighted by atomic mass is 16.2. The number of rotatable bonds is 2. The van der Waals surface area contributed by atoms with Gasteiger partial charge in [0.25, 0.3) is 5.91 Å². The van der Waals surface area contributed by atoms with Gasteiger partial charge in [-0.2, -0.15) is 0 Å². The quantitative estimate of drug-likeness (QED) is 0.744. The van der Waals surface area contributed by atoms with Gasteiger partial charge >= 0.3 is 0 Å².